The summed E-state index contributed by atoms with van der Waals surface area (Å²) in [6, 6.07) is 12.2. The SMILES string of the molecule is CCCCc1oc2ccccc2c1C(=O)Nc1ccc(N2CCC(N(C)C)C2)cn1. The van der Waals surface area contributed by atoms with Gasteiger partial charge in [-0.3, -0.25) is 4.79 Å². The van der Waals surface area contributed by atoms with Crippen LogP contribution < -0.4 is 10.2 Å². The molecule has 1 aromatic carbocycles. The van der Waals surface area contributed by atoms with Crippen molar-refractivity contribution in [1.82, 2.24) is 9.88 Å². The number of rotatable bonds is 7. The van der Waals surface area contributed by atoms with E-state index in [4.69, 9.17) is 4.42 Å². The number of nitrogens with zero attached hydrogens (tertiary/aromatic N) is 3. The van der Waals surface area contributed by atoms with Gasteiger partial charge in [0.2, 0.25) is 0 Å². The van der Waals surface area contributed by atoms with E-state index in [1.807, 2.05) is 42.6 Å². The number of aromatic nitrogens is 1. The summed E-state index contributed by atoms with van der Waals surface area (Å²) in [4.78, 5) is 22.2. The predicted octanol–water partition coefficient (Wildman–Crippen LogP) is 4.56. The molecule has 1 atom stereocenters. The number of amides is 1. The fourth-order valence-electron chi connectivity index (χ4n) is 4.08. The number of carbonyl (C=O) groups excluding carboxylic acids is 1. The van der Waals surface area contributed by atoms with Crippen LogP contribution >= 0.6 is 0 Å². The van der Waals surface area contributed by atoms with E-state index in [-0.39, 0.29) is 5.91 Å². The van der Waals surface area contributed by atoms with Gasteiger partial charge in [-0.1, -0.05) is 31.5 Å². The molecule has 2 aromatic heterocycles. The van der Waals surface area contributed by atoms with E-state index in [1.165, 1.54) is 0 Å². The number of fused-ring (bicyclic) bond motifs is 1. The molecule has 0 aliphatic carbocycles. The molecule has 6 nitrogen and oxygen atoms in total. The maximum absolute atomic E-state index is 13.1. The molecule has 1 saturated heterocycles. The van der Waals surface area contributed by atoms with E-state index in [0.29, 0.717) is 17.4 Å². The third kappa shape index (κ3) is 4.19. The second-order valence-electron chi connectivity index (χ2n) is 8.21. The highest BCUT2D eigenvalue weighted by atomic mass is 16.3. The van der Waals surface area contributed by atoms with E-state index < -0.39 is 0 Å². The lowest BCUT2D eigenvalue weighted by Crippen LogP contribution is -2.31. The number of carbonyl (C=O) groups is 1. The zero-order valence-electron chi connectivity index (χ0n) is 18.0. The Morgan fingerprint density at radius 3 is 2.80 bits per heavy atom. The maximum atomic E-state index is 13.1. The van der Waals surface area contributed by atoms with Crippen molar-refractivity contribution in [3.05, 3.63) is 53.9 Å². The van der Waals surface area contributed by atoms with Crippen molar-refractivity contribution in [1.29, 1.82) is 0 Å². The van der Waals surface area contributed by atoms with Crippen LogP contribution in [0.5, 0.6) is 0 Å². The Balaban J connectivity index is 1.50. The third-order valence-electron chi connectivity index (χ3n) is 5.90. The minimum absolute atomic E-state index is 0.167. The molecule has 0 spiro atoms. The number of unbranched alkanes of at least 4 members (excludes halogenated alkanes) is 1. The zero-order valence-corrected chi connectivity index (χ0v) is 18.0. The number of nitrogens with one attached hydrogen (secondary N) is 1. The van der Waals surface area contributed by atoms with Crippen LogP contribution in [0.3, 0.4) is 0 Å². The molecule has 0 saturated carbocycles. The largest absolute Gasteiger partial charge is 0.460 e. The van der Waals surface area contributed by atoms with Gasteiger partial charge >= 0.3 is 0 Å². The van der Waals surface area contributed by atoms with Gasteiger partial charge in [-0.25, -0.2) is 4.98 Å². The van der Waals surface area contributed by atoms with Crippen molar-refractivity contribution in [2.24, 2.45) is 0 Å². The normalized spacial score (nSPS) is 16.5. The standard InChI is InChI=1S/C24H30N4O2/c1-4-5-9-21-23(19-8-6-7-10-20(19)30-21)24(29)26-22-12-11-17(15-25-22)28-14-13-18(16-28)27(2)3/h6-8,10-12,15,18H,4-5,9,13-14,16H2,1-3H3,(H,25,26,29). The Labute approximate surface area is 177 Å². The molecule has 1 aliphatic heterocycles. The summed E-state index contributed by atoms with van der Waals surface area (Å²) < 4.78 is 5.98. The van der Waals surface area contributed by atoms with E-state index in [1.54, 1.807) is 0 Å². The molecule has 6 heteroatoms. The van der Waals surface area contributed by atoms with Crippen LogP contribution in [0.4, 0.5) is 11.5 Å². The minimum Gasteiger partial charge on any atom is -0.460 e. The van der Waals surface area contributed by atoms with Gasteiger partial charge in [-0.15, -0.1) is 0 Å². The topological polar surface area (TPSA) is 61.6 Å². The number of likely N-dealkylation sites (N-methyl/N-ethyl adjacent to an activating group) is 1. The average molecular weight is 407 g/mol. The lowest BCUT2D eigenvalue weighted by Gasteiger charge is -2.21. The van der Waals surface area contributed by atoms with Gasteiger partial charge in [0.05, 0.1) is 17.4 Å². The summed E-state index contributed by atoms with van der Waals surface area (Å²) in [5.74, 6) is 1.14. The second-order valence-corrected chi connectivity index (χ2v) is 8.21. The number of hydrogen-bond donors (Lipinski definition) is 1. The van der Waals surface area contributed by atoms with Gasteiger partial charge in [0.1, 0.15) is 17.2 Å². The predicted molar refractivity (Wildman–Crippen MR) is 121 cm³/mol. The second kappa shape index (κ2) is 8.88. The van der Waals surface area contributed by atoms with Crippen molar-refractivity contribution >= 4 is 28.4 Å². The Kier molecular flexibility index (Phi) is 6.04. The first-order valence-corrected chi connectivity index (χ1v) is 10.8. The Morgan fingerprint density at radius 1 is 1.27 bits per heavy atom. The molecule has 1 fully saturated rings. The molecule has 1 unspecified atom stereocenters. The van der Waals surface area contributed by atoms with Crippen LogP contribution in [-0.2, 0) is 6.42 Å². The van der Waals surface area contributed by atoms with Crippen molar-refractivity contribution in [2.75, 3.05) is 37.4 Å². The zero-order chi connectivity index (χ0) is 21.1. The maximum Gasteiger partial charge on any atom is 0.261 e. The van der Waals surface area contributed by atoms with E-state index in [9.17, 15) is 4.79 Å². The molecule has 3 heterocycles. The molecular formula is C24H30N4O2. The van der Waals surface area contributed by atoms with Crippen molar-refractivity contribution in [3.63, 3.8) is 0 Å². The molecule has 0 bridgehead atoms. The molecular weight excluding hydrogens is 376 g/mol. The number of para-hydroxylation sites is 1. The third-order valence-corrected chi connectivity index (χ3v) is 5.90. The first-order chi connectivity index (χ1) is 14.6. The van der Waals surface area contributed by atoms with E-state index >= 15 is 0 Å². The molecule has 158 valence electrons. The van der Waals surface area contributed by atoms with Gasteiger partial charge < -0.3 is 19.5 Å². The van der Waals surface area contributed by atoms with E-state index in [2.05, 4.69) is 41.1 Å². The molecule has 30 heavy (non-hydrogen) atoms. The first-order valence-electron chi connectivity index (χ1n) is 10.8. The first kappa shape index (κ1) is 20.4. The van der Waals surface area contributed by atoms with Crippen molar-refractivity contribution in [2.45, 2.75) is 38.6 Å². The van der Waals surface area contributed by atoms with Crippen molar-refractivity contribution < 1.29 is 9.21 Å². The highest BCUT2D eigenvalue weighted by Gasteiger charge is 2.24. The summed E-state index contributed by atoms with van der Waals surface area (Å²) in [6.45, 7) is 4.16. The van der Waals surface area contributed by atoms with Crippen LogP contribution in [-0.4, -0.2) is 49.0 Å². The van der Waals surface area contributed by atoms with Gasteiger partial charge in [-0.2, -0.15) is 0 Å². The Morgan fingerprint density at radius 2 is 2.10 bits per heavy atom. The summed E-state index contributed by atoms with van der Waals surface area (Å²) in [6.07, 6.45) is 5.78. The molecule has 4 rings (SSSR count). The average Bonchev–Trinajstić information content (AvgIpc) is 3.38. The number of pyridine rings is 1. The number of benzene rings is 1. The van der Waals surface area contributed by atoms with Gasteiger partial charge in [0.25, 0.3) is 5.91 Å². The molecule has 1 amide bonds. The fraction of sp³-hybridized carbons (Fsp3) is 0.417. The highest BCUT2D eigenvalue weighted by molar-refractivity contribution is 6.13. The molecule has 0 radical (unpaired) electrons. The summed E-state index contributed by atoms with van der Waals surface area (Å²) >= 11 is 0. The molecule has 1 N–H and O–H groups in total. The van der Waals surface area contributed by atoms with Crippen LogP contribution in [0.25, 0.3) is 11.0 Å². The Hall–Kier alpha value is -2.86. The fourth-order valence-corrected chi connectivity index (χ4v) is 4.08. The summed E-state index contributed by atoms with van der Waals surface area (Å²) in [7, 11) is 4.25. The highest BCUT2D eigenvalue weighted by Crippen LogP contribution is 2.28. The number of furan rings is 1. The Bertz CT molecular complexity index is 1010. The molecule has 1 aliphatic rings. The van der Waals surface area contributed by atoms with Gasteiger partial charge in [0.15, 0.2) is 0 Å². The van der Waals surface area contributed by atoms with Crippen LogP contribution in [0, 0.1) is 0 Å². The number of anilines is 2. The lowest BCUT2D eigenvalue weighted by atomic mass is 10.1. The van der Waals surface area contributed by atoms with E-state index in [0.717, 1.165) is 61.2 Å². The van der Waals surface area contributed by atoms with Gasteiger partial charge in [0, 0.05) is 30.9 Å². The monoisotopic (exact) mass is 406 g/mol. The number of hydrogen-bond acceptors (Lipinski definition) is 5. The van der Waals surface area contributed by atoms with Crippen LogP contribution in [0.15, 0.2) is 47.0 Å². The lowest BCUT2D eigenvalue weighted by molar-refractivity contribution is 0.102. The number of aryl methyl sites for hydroxylation is 1. The molecule has 3 aromatic rings. The smallest absolute Gasteiger partial charge is 0.261 e. The van der Waals surface area contributed by atoms with Gasteiger partial charge in [-0.05, 0) is 45.1 Å². The van der Waals surface area contributed by atoms with Crippen molar-refractivity contribution in [3.8, 4) is 0 Å². The minimum atomic E-state index is -0.167. The van der Waals surface area contributed by atoms with Crippen LogP contribution in [0.1, 0.15) is 42.3 Å². The summed E-state index contributed by atoms with van der Waals surface area (Å²) in [5, 5.41) is 3.81. The summed E-state index contributed by atoms with van der Waals surface area (Å²) in [5.41, 5.74) is 2.47. The van der Waals surface area contributed by atoms with Crippen LogP contribution in [0.2, 0.25) is 0 Å². The quantitative estimate of drug-likeness (QED) is 0.623.